The quantitative estimate of drug-likeness (QED) is 0.910. The monoisotopic (exact) mass is 310 g/mol. The largest absolute Gasteiger partial charge is 0.331 e. The minimum atomic E-state index is 0.184. The number of hydrogen-bond donors (Lipinski definition) is 1. The Morgan fingerprint density at radius 1 is 1.17 bits per heavy atom. The van der Waals surface area contributed by atoms with Crippen molar-refractivity contribution in [2.24, 2.45) is 0 Å². The van der Waals surface area contributed by atoms with Crippen LogP contribution in [0.3, 0.4) is 0 Å². The first kappa shape index (κ1) is 16.0. The van der Waals surface area contributed by atoms with Crippen molar-refractivity contribution in [1.82, 2.24) is 10.2 Å². The van der Waals surface area contributed by atoms with Crippen LogP contribution in [0.15, 0.2) is 42.5 Å². The molecular formula is C20H26N2O. The molecule has 3 rings (SSSR count). The third-order valence-corrected chi connectivity index (χ3v) is 5.02. The Morgan fingerprint density at radius 2 is 1.91 bits per heavy atom. The first-order valence-corrected chi connectivity index (χ1v) is 8.77. The average molecular weight is 310 g/mol. The van der Waals surface area contributed by atoms with Crippen molar-refractivity contribution in [3.8, 4) is 0 Å². The van der Waals surface area contributed by atoms with Crippen molar-refractivity contribution in [2.75, 3.05) is 13.1 Å². The molecule has 0 radical (unpaired) electrons. The van der Waals surface area contributed by atoms with Crippen LogP contribution in [0.2, 0.25) is 0 Å². The molecule has 1 heterocycles. The van der Waals surface area contributed by atoms with E-state index in [0.717, 1.165) is 48.7 Å². The predicted molar refractivity (Wildman–Crippen MR) is 95.8 cm³/mol. The van der Waals surface area contributed by atoms with E-state index in [9.17, 15) is 4.79 Å². The summed E-state index contributed by atoms with van der Waals surface area (Å²) in [5.41, 5.74) is 0.835. The van der Waals surface area contributed by atoms with E-state index < -0.39 is 0 Å². The summed E-state index contributed by atoms with van der Waals surface area (Å²) in [4.78, 5) is 15.6. The first-order chi connectivity index (χ1) is 11.3. The minimum absolute atomic E-state index is 0.184. The first-order valence-electron chi connectivity index (χ1n) is 8.77. The van der Waals surface area contributed by atoms with E-state index in [1.165, 1.54) is 0 Å². The molecule has 122 valence electrons. The predicted octanol–water partition coefficient (Wildman–Crippen LogP) is 3.83. The van der Waals surface area contributed by atoms with E-state index in [1.54, 1.807) is 0 Å². The summed E-state index contributed by atoms with van der Waals surface area (Å²) in [6.07, 6.45) is 3.06. The van der Waals surface area contributed by atoms with Gasteiger partial charge in [-0.15, -0.1) is 0 Å². The Hall–Kier alpha value is -1.87. The van der Waals surface area contributed by atoms with Gasteiger partial charge in [0.15, 0.2) is 0 Å². The lowest BCUT2D eigenvalue weighted by atomic mass is 10.00. The zero-order valence-electron chi connectivity index (χ0n) is 14.1. The lowest BCUT2D eigenvalue weighted by Crippen LogP contribution is -2.47. The summed E-state index contributed by atoms with van der Waals surface area (Å²) < 4.78 is 0. The highest BCUT2D eigenvalue weighted by molar-refractivity contribution is 6.07. The SMILES string of the molecule is CCC(CC)N(C(=O)c1cccc2ccccc12)C1CCNC1. The van der Waals surface area contributed by atoms with Crippen LogP contribution in [0.25, 0.3) is 10.8 Å². The fourth-order valence-electron chi connectivity index (χ4n) is 3.74. The molecule has 1 amide bonds. The number of nitrogens with one attached hydrogen (secondary N) is 1. The second kappa shape index (κ2) is 7.14. The van der Waals surface area contributed by atoms with Crippen LogP contribution in [-0.2, 0) is 0 Å². The molecule has 1 aliphatic heterocycles. The van der Waals surface area contributed by atoms with E-state index in [1.807, 2.05) is 24.3 Å². The van der Waals surface area contributed by atoms with E-state index in [4.69, 9.17) is 0 Å². The molecule has 0 saturated carbocycles. The molecule has 1 aliphatic rings. The van der Waals surface area contributed by atoms with Crippen molar-refractivity contribution in [3.05, 3.63) is 48.0 Å². The standard InChI is InChI=1S/C20H26N2O/c1-3-16(4-2)22(17-12-13-21-14-17)20(23)19-11-7-9-15-8-5-6-10-18(15)19/h5-11,16-17,21H,3-4,12-14H2,1-2H3. The molecule has 0 bridgehead atoms. The van der Waals surface area contributed by atoms with Gasteiger partial charge in [-0.2, -0.15) is 0 Å². The number of carbonyl (C=O) groups is 1. The fraction of sp³-hybridized carbons (Fsp3) is 0.450. The van der Waals surface area contributed by atoms with Crippen molar-refractivity contribution in [1.29, 1.82) is 0 Å². The molecule has 0 aliphatic carbocycles. The second-order valence-electron chi connectivity index (χ2n) is 6.36. The third-order valence-electron chi connectivity index (χ3n) is 5.02. The number of nitrogens with zero attached hydrogens (tertiary/aromatic N) is 1. The maximum atomic E-state index is 13.4. The Balaban J connectivity index is 2.02. The number of amides is 1. The van der Waals surface area contributed by atoms with Gasteiger partial charge in [0.05, 0.1) is 0 Å². The van der Waals surface area contributed by atoms with Crippen LogP contribution in [-0.4, -0.2) is 36.0 Å². The molecule has 1 N–H and O–H groups in total. The van der Waals surface area contributed by atoms with Crippen molar-refractivity contribution < 1.29 is 4.79 Å². The molecular weight excluding hydrogens is 284 g/mol. The minimum Gasteiger partial charge on any atom is -0.331 e. The topological polar surface area (TPSA) is 32.3 Å². The highest BCUT2D eigenvalue weighted by atomic mass is 16.2. The molecule has 0 spiro atoms. The van der Waals surface area contributed by atoms with Gasteiger partial charge in [0.1, 0.15) is 0 Å². The molecule has 1 atom stereocenters. The van der Waals surface area contributed by atoms with E-state index in [0.29, 0.717) is 12.1 Å². The molecule has 1 fully saturated rings. The van der Waals surface area contributed by atoms with Gasteiger partial charge >= 0.3 is 0 Å². The summed E-state index contributed by atoms with van der Waals surface area (Å²) in [6, 6.07) is 14.8. The van der Waals surface area contributed by atoms with Crippen LogP contribution >= 0.6 is 0 Å². The average Bonchev–Trinajstić information content (AvgIpc) is 3.12. The van der Waals surface area contributed by atoms with Gasteiger partial charge in [-0.05, 0) is 42.6 Å². The van der Waals surface area contributed by atoms with Gasteiger partial charge in [-0.25, -0.2) is 0 Å². The zero-order chi connectivity index (χ0) is 16.2. The molecule has 2 aromatic rings. The van der Waals surface area contributed by atoms with Crippen molar-refractivity contribution >= 4 is 16.7 Å². The summed E-state index contributed by atoms with van der Waals surface area (Å²) in [5.74, 6) is 0.184. The summed E-state index contributed by atoms with van der Waals surface area (Å²) in [6.45, 7) is 6.27. The van der Waals surface area contributed by atoms with Gasteiger partial charge < -0.3 is 10.2 Å². The zero-order valence-corrected chi connectivity index (χ0v) is 14.1. The smallest absolute Gasteiger partial charge is 0.255 e. The van der Waals surface area contributed by atoms with Crippen LogP contribution in [0.4, 0.5) is 0 Å². The van der Waals surface area contributed by atoms with E-state index in [2.05, 4.69) is 42.3 Å². The third kappa shape index (κ3) is 3.11. The Labute approximate surface area is 138 Å². The maximum absolute atomic E-state index is 13.4. The van der Waals surface area contributed by atoms with Gasteiger partial charge in [0, 0.05) is 24.2 Å². The molecule has 1 unspecified atom stereocenters. The number of fused-ring (bicyclic) bond motifs is 1. The number of hydrogen-bond acceptors (Lipinski definition) is 2. The highest BCUT2D eigenvalue weighted by Gasteiger charge is 2.32. The Morgan fingerprint density at radius 3 is 2.61 bits per heavy atom. The summed E-state index contributed by atoms with van der Waals surface area (Å²) in [7, 11) is 0. The lowest BCUT2D eigenvalue weighted by Gasteiger charge is -2.36. The maximum Gasteiger partial charge on any atom is 0.255 e. The molecule has 3 nitrogen and oxygen atoms in total. The number of rotatable bonds is 5. The Kier molecular flexibility index (Phi) is 4.97. The van der Waals surface area contributed by atoms with Gasteiger partial charge in [0.2, 0.25) is 0 Å². The summed E-state index contributed by atoms with van der Waals surface area (Å²) >= 11 is 0. The van der Waals surface area contributed by atoms with Crippen LogP contribution < -0.4 is 5.32 Å². The molecule has 0 aromatic heterocycles. The van der Waals surface area contributed by atoms with Gasteiger partial charge in [-0.1, -0.05) is 50.2 Å². The molecule has 3 heteroatoms. The normalized spacial score (nSPS) is 17.8. The summed E-state index contributed by atoms with van der Waals surface area (Å²) in [5, 5.41) is 5.59. The van der Waals surface area contributed by atoms with Gasteiger partial charge in [-0.3, -0.25) is 4.79 Å². The number of carbonyl (C=O) groups excluding carboxylic acids is 1. The molecule has 2 aromatic carbocycles. The number of benzene rings is 2. The lowest BCUT2D eigenvalue weighted by molar-refractivity contribution is 0.0579. The van der Waals surface area contributed by atoms with Crippen molar-refractivity contribution in [3.63, 3.8) is 0 Å². The molecule has 23 heavy (non-hydrogen) atoms. The highest BCUT2D eigenvalue weighted by Crippen LogP contribution is 2.25. The van der Waals surface area contributed by atoms with Crippen LogP contribution in [0.1, 0.15) is 43.5 Å². The molecule has 1 saturated heterocycles. The Bertz CT molecular complexity index is 665. The van der Waals surface area contributed by atoms with E-state index in [-0.39, 0.29) is 5.91 Å². The van der Waals surface area contributed by atoms with Crippen LogP contribution in [0.5, 0.6) is 0 Å². The fourth-order valence-corrected chi connectivity index (χ4v) is 3.74. The van der Waals surface area contributed by atoms with Crippen LogP contribution in [0, 0.1) is 0 Å². The van der Waals surface area contributed by atoms with E-state index >= 15 is 0 Å². The van der Waals surface area contributed by atoms with Gasteiger partial charge in [0.25, 0.3) is 5.91 Å². The van der Waals surface area contributed by atoms with Crippen molar-refractivity contribution in [2.45, 2.75) is 45.2 Å². The second-order valence-corrected chi connectivity index (χ2v) is 6.36.